The third-order valence-corrected chi connectivity index (χ3v) is 4.36. The Bertz CT molecular complexity index is 578. The molecule has 4 nitrogen and oxygen atoms in total. The summed E-state index contributed by atoms with van der Waals surface area (Å²) >= 11 is 0. The monoisotopic (exact) mass is 256 g/mol. The molecule has 4 atom stereocenters. The van der Waals surface area contributed by atoms with Gasteiger partial charge in [0.2, 0.25) is 0 Å². The summed E-state index contributed by atoms with van der Waals surface area (Å²) in [7, 11) is 0. The van der Waals surface area contributed by atoms with Gasteiger partial charge in [-0.1, -0.05) is 18.2 Å². The highest BCUT2D eigenvalue weighted by Crippen LogP contribution is 2.50. The second kappa shape index (κ2) is 3.50. The van der Waals surface area contributed by atoms with Crippen molar-refractivity contribution >= 4 is 5.69 Å². The number of hydrogen-bond acceptors (Lipinski definition) is 4. The number of nitriles is 1. The topological polar surface area (TPSA) is 45.5 Å². The van der Waals surface area contributed by atoms with E-state index in [0.29, 0.717) is 0 Å². The van der Waals surface area contributed by atoms with Crippen LogP contribution < -0.4 is 4.90 Å². The minimum absolute atomic E-state index is 0.00736. The molecular formula is C15H16N2O2. The lowest BCUT2D eigenvalue weighted by Crippen LogP contribution is -2.38. The Kier molecular flexibility index (Phi) is 2.08. The molecule has 0 bridgehead atoms. The number of benzene rings is 1. The van der Waals surface area contributed by atoms with Crippen LogP contribution in [0.25, 0.3) is 0 Å². The summed E-state index contributed by atoms with van der Waals surface area (Å²) in [4.78, 5) is 2.29. The van der Waals surface area contributed by atoms with Crippen LogP contribution in [-0.2, 0) is 9.47 Å². The van der Waals surface area contributed by atoms with Gasteiger partial charge in [-0.15, -0.1) is 0 Å². The van der Waals surface area contributed by atoms with Gasteiger partial charge >= 0.3 is 0 Å². The van der Waals surface area contributed by atoms with Gasteiger partial charge < -0.3 is 14.4 Å². The molecule has 0 amide bonds. The van der Waals surface area contributed by atoms with Crippen molar-refractivity contribution < 1.29 is 9.47 Å². The Hall–Kier alpha value is -1.57. The Balaban J connectivity index is 1.77. The largest absolute Gasteiger partial charge is 0.361 e. The first-order valence-corrected chi connectivity index (χ1v) is 6.71. The van der Waals surface area contributed by atoms with Crippen LogP contribution in [0.3, 0.4) is 0 Å². The van der Waals surface area contributed by atoms with Gasteiger partial charge in [-0.05, 0) is 25.5 Å². The van der Waals surface area contributed by atoms with Gasteiger partial charge in [0.1, 0.15) is 12.2 Å². The Morgan fingerprint density at radius 2 is 2.11 bits per heavy atom. The lowest BCUT2D eigenvalue weighted by molar-refractivity contribution is -0.150. The van der Waals surface area contributed by atoms with E-state index in [2.05, 4.69) is 23.1 Å². The van der Waals surface area contributed by atoms with Crippen molar-refractivity contribution in [3.8, 4) is 6.07 Å². The van der Waals surface area contributed by atoms with Crippen molar-refractivity contribution in [3.63, 3.8) is 0 Å². The van der Waals surface area contributed by atoms with Gasteiger partial charge in [0.15, 0.2) is 5.79 Å². The number of nitrogens with zero attached hydrogens (tertiary/aromatic N) is 2. The van der Waals surface area contributed by atoms with Crippen molar-refractivity contribution in [1.29, 1.82) is 5.26 Å². The highest BCUT2D eigenvalue weighted by atomic mass is 16.8. The van der Waals surface area contributed by atoms with Crippen LogP contribution in [0.15, 0.2) is 24.3 Å². The van der Waals surface area contributed by atoms with Crippen LogP contribution in [0.4, 0.5) is 5.69 Å². The fourth-order valence-corrected chi connectivity index (χ4v) is 3.76. The summed E-state index contributed by atoms with van der Waals surface area (Å²) in [5, 5.41) is 9.54. The molecule has 1 aromatic rings. The molecule has 2 fully saturated rings. The lowest BCUT2D eigenvalue weighted by atomic mass is 9.92. The molecule has 0 spiro atoms. The first kappa shape index (κ1) is 11.3. The maximum atomic E-state index is 9.54. The quantitative estimate of drug-likeness (QED) is 0.712. The molecule has 0 radical (unpaired) electrons. The van der Waals surface area contributed by atoms with E-state index in [9.17, 15) is 5.26 Å². The predicted molar refractivity (Wildman–Crippen MR) is 69.8 cm³/mol. The maximum absolute atomic E-state index is 9.54. The second-order valence-electron chi connectivity index (χ2n) is 5.95. The molecule has 2 saturated heterocycles. The molecule has 98 valence electrons. The summed E-state index contributed by atoms with van der Waals surface area (Å²) in [6.07, 6.45) is 0.0660. The first-order valence-electron chi connectivity index (χ1n) is 6.71. The maximum Gasteiger partial charge on any atom is 0.163 e. The standard InChI is InChI=1S/C15H16N2O2/c1-15(2)18-12-8-17-11-6-4-3-5-9(11)10(7-16)13(17)14(12)19-15/h3-6,10,12-14H,8H2,1-2H3/t10-,12-,13-,14-/m0/s1. The van der Waals surface area contributed by atoms with E-state index < -0.39 is 5.79 Å². The molecular weight excluding hydrogens is 240 g/mol. The van der Waals surface area contributed by atoms with Crippen LogP contribution in [0, 0.1) is 11.3 Å². The number of anilines is 1. The molecule has 3 heterocycles. The van der Waals surface area contributed by atoms with Crippen molar-refractivity contribution in [2.24, 2.45) is 0 Å². The zero-order valence-corrected chi connectivity index (χ0v) is 11.0. The van der Waals surface area contributed by atoms with E-state index in [1.165, 1.54) is 5.69 Å². The Morgan fingerprint density at radius 3 is 2.89 bits per heavy atom. The molecule has 3 aliphatic rings. The summed E-state index contributed by atoms with van der Waals surface area (Å²) < 4.78 is 12.0. The van der Waals surface area contributed by atoms with E-state index in [4.69, 9.17) is 9.47 Å². The summed E-state index contributed by atoms with van der Waals surface area (Å²) in [6, 6.07) is 10.7. The van der Waals surface area contributed by atoms with Crippen LogP contribution >= 0.6 is 0 Å². The summed E-state index contributed by atoms with van der Waals surface area (Å²) in [6.45, 7) is 4.70. The average Bonchev–Trinajstić information content (AvgIpc) is 2.94. The third kappa shape index (κ3) is 1.40. The Morgan fingerprint density at radius 1 is 1.32 bits per heavy atom. The van der Waals surface area contributed by atoms with Crippen LogP contribution in [-0.4, -0.2) is 30.6 Å². The van der Waals surface area contributed by atoms with Crippen LogP contribution in [0.2, 0.25) is 0 Å². The highest BCUT2D eigenvalue weighted by molar-refractivity contribution is 5.65. The average molecular weight is 256 g/mol. The SMILES string of the molecule is CC1(C)O[C@@H]2[C@@H]3[C@@H](C#N)c4ccccc4N3C[C@@H]2O1. The van der Waals surface area contributed by atoms with Gasteiger partial charge in [0.25, 0.3) is 0 Å². The molecule has 0 unspecified atom stereocenters. The van der Waals surface area contributed by atoms with E-state index in [1.54, 1.807) is 0 Å². The molecule has 0 saturated carbocycles. The van der Waals surface area contributed by atoms with Crippen molar-refractivity contribution in [1.82, 2.24) is 0 Å². The number of para-hydroxylation sites is 1. The van der Waals surface area contributed by atoms with Gasteiger partial charge in [-0.2, -0.15) is 5.26 Å². The minimum Gasteiger partial charge on any atom is -0.361 e. The van der Waals surface area contributed by atoms with E-state index >= 15 is 0 Å². The number of ether oxygens (including phenoxy) is 2. The van der Waals surface area contributed by atoms with E-state index in [1.807, 2.05) is 26.0 Å². The minimum atomic E-state index is -0.532. The predicted octanol–water partition coefficient (Wildman–Crippen LogP) is 2.02. The molecule has 0 N–H and O–H groups in total. The number of hydrogen-bond donors (Lipinski definition) is 0. The summed E-state index contributed by atoms with van der Waals surface area (Å²) in [5.74, 6) is -0.653. The van der Waals surface area contributed by atoms with Crippen molar-refractivity contribution in [2.75, 3.05) is 11.4 Å². The van der Waals surface area contributed by atoms with Crippen molar-refractivity contribution in [3.05, 3.63) is 29.8 Å². The molecule has 1 aromatic carbocycles. The van der Waals surface area contributed by atoms with Gasteiger partial charge in [-0.25, -0.2) is 0 Å². The first-order chi connectivity index (χ1) is 9.11. The van der Waals surface area contributed by atoms with Crippen molar-refractivity contribution in [2.45, 2.75) is 43.8 Å². The smallest absolute Gasteiger partial charge is 0.163 e. The Labute approximate surface area is 112 Å². The fourth-order valence-electron chi connectivity index (χ4n) is 3.76. The van der Waals surface area contributed by atoms with Crippen LogP contribution in [0.1, 0.15) is 25.3 Å². The van der Waals surface area contributed by atoms with Crippen LogP contribution in [0.5, 0.6) is 0 Å². The molecule has 0 aliphatic carbocycles. The zero-order chi connectivity index (χ0) is 13.2. The van der Waals surface area contributed by atoms with E-state index in [0.717, 1.165) is 12.1 Å². The second-order valence-corrected chi connectivity index (χ2v) is 5.95. The number of rotatable bonds is 0. The molecule has 19 heavy (non-hydrogen) atoms. The van der Waals surface area contributed by atoms with Gasteiger partial charge in [0, 0.05) is 12.2 Å². The molecule has 4 rings (SSSR count). The highest BCUT2D eigenvalue weighted by Gasteiger charge is 2.58. The molecule has 3 aliphatic heterocycles. The number of fused-ring (bicyclic) bond motifs is 5. The zero-order valence-electron chi connectivity index (χ0n) is 11.0. The van der Waals surface area contributed by atoms with Gasteiger partial charge in [-0.3, -0.25) is 0 Å². The molecule has 4 heteroatoms. The van der Waals surface area contributed by atoms with E-state index in [-0.39, 0.29) is 24.2 Å². The third-order valence-electron chi connectivity index (χ3n) is 4.36. The fraction of sp³-hybridized carbons (Fsp3) is 0.533. The summed E-state index contributed by atoms with van der Waals surface area (Å²) in [5.41, 5.74) is 2.29. The van der Waals surface area contributed by atoms with Gasteiger partial charge in [0.05, 0.1) is 18.0 Å². The normalized spacial score (nSPS) is 37.6. The lowest BCUT2D eigenvalue weighted by Gasteiger charge is -2.26. The molecule has 0 aromatic heterocycles.